The van der Waals surface area contributed by atoms with Crippen LogP contribution >= 0.6 is 11.8 Å². The third-order valence-corrected chi connectivity index (χ3v) is 4.80. The standard InChI is InChI=1S/C14H28N2O2S/c1-11(2)6-7-14(3,18)10-16-13(17)15-9-12-5-4-8-19-12/h11-12,18H,4-10H2,1-3H3,(H2,15,16,17). The minimum atomic E-state index is -0.816. The highest BCUT2D eigenvalue weighted by molar-refractivity contribution is 8.00. The van der Waals surface area contributed by atoms with Crippen LogP contribution < -0.4 is 10.6 Å². The van der Waals surface area contributed by atoms with Crippen LogP contribution in [0.15, 0.2) is 0 Å². The first-order valence-corrected chi connectivity index (χ1v) is 8.29. The van der Waals surface area contributed by atoms with Crippen LogP contribution in [0.5, 0.6) is 0 Å². The van der Waals surface area contributed by atoms with Gasteiger partial charge in [-0.15, -0.1) is 0 Å². The van der Waals surface area contributed by atoms with Gasteiger partial charge in [0.1, 0.15) is 0 Å². The molecule has 0 aromatic carbocycles. The molecule has 1 saturated heterocycles. The summed E-state index contributed by atoms with van der Waals surface area (Å²) >= 11 is 1.93. The average Bonchev–Trinajstić information content (AvgIpc) is 2.85. The molecule has 2 atom stereocenters. The molecule has 1 heterocycles. The Morgan fingerprint density at radius 1 is 1.47 bits per heavy atom. The third kappa shape index (κ3) is 7.67. The van der Waals surface area contributed by atoms with Crippen LogP contribution in [0.1, 0.15) is 46.5 Å². The zero-order valence-corrected chi connectivity index (χ0v) is 13.2. The van der Waals surface area contributed by atoms with Gasteiger partial charge < -0.3 is 15.7 Å². The van der Waals surface area contributed by atoms with E-state index in [0.29, 0.717) is 24.1 Å². The maximum Gasteiger partial charge on any atom is 0.314 e. The number of hydrogen-bond donors (Lipinski definition) is 3. The summed E-state index contributed by atoms with van der Waals surface area (Å²) in [7, 11) is 0. The molecule has 0 aliphatic carbocycles. The lowest BCUT2D eigenvalue weighted by atomic mass is 9.95. The van der Waals surface area contributed by atoms with Crippen molar-refractivity contribution in [3.8, 4) is 0 Å². The van der Waals surface area contributed by atoms with E-state index in [2.05, 4.69) is 24.5 Å². The molecule has 1 rings (SSSR count). The molecule has 2 amide bonds. The summed E-state index contributed by atoms with van der Waals surface area (Å²) in [5.74, 6) is 1.78. The molecular weight excluding hydrogens is 260 g/mol. The highest BCUT2D eigenvalue weighted by atomic mass is 32.2. The second kappa shape index (κ2) is 8.00. The lowest BCUT2D eigenvalue weighted by Crippen LogP contribution is -2.46. The fourth-order valence-electron chi connectivity index (χ4n) is 2.03. The molecule has 1 aliphatic heterocycles. The SMILES string of the molecule is CC(C)CCC(C)(O)CNC(=O)NCC1CCCS1. The first-order chi connectivity index (χ1) is 8.89. The lowest BCUT2D eigenvalue weighted by Gasteiger charge is -2.24. The number of amides is 2. The van der Waals surface area contributed by atoms with E-state index in [1.165, 1.54) is 18.6 Å². The van der Waals surface area contributed by atoms with Gasteiger partial charge >= 0.3 is 6.03 Å². The fourth-order valence-corrected chi connectivity index (χ4v) is 3.23. The molecule has 5 heteroatoms. The molecule has 0 radical (unpaired) electrons. The summed E-state index contributed by atoms with van der Waals surface area (Å²) in [5, 5.41) is 16.3. The first kappa shape index (κ1) is 16.6. The van der Waals surface area contributed by atoms with Crippen LogP contribution in [0, 0.1) is 5.92 Å². The van der Waals surface area contributed by atoms with E-state index in [1.807, 2.05) is 11.8 Å². The second-order valence-corrected chi connectivity index (χ2v) is 7.54. The van der Waals surface area contributed by atoms with Gasteiger partial charge in [0.2, 0.25) is 0 Å². The number of aliphatic hydroxyl groups is 1. The lowest BCUT2D eigenvalue weighted by molar-refractivity contribution is 0.0477. The van der Waals surface area contributed by atoms with E-state index in [1.54, 1.807) is 6.92 Å². The van der Waals surface area contributed by atoms with Gasteiger partial charge in [-0.25, -0.2) is 4.79 Å². The largest absolute Gasteiger partial charge is 0.388 e. The molecule has 1 aliphatic rings. The van der Waals surface area contributed by atoms with Crippen LogP contribution in [0.25, 0.3) is 0 Å². The Morgan fingerprint density at radius 2 is 2.21 bits per heavy atom. The predicted molar refractivity (Wildman–Crippen MR) is 81.6 cm³/mol. The Morgan fingerprint density at radius 3 is 2.79 bits per heavy atom. The molecule has 112 valence electrons. The van der Waals surface area contributed by atoms with Gasteiger partial charge in [-0.05, 0) is 44.3 Å². The summed E-state index contributed by atoms with van der Waals surface area (Å²) in [5.41, 5.74) is -0.816. The number of carbonyl (C=O) groups excluding carboxylic acids is 1. The molecule has 0 aromatic heterocycles. The minimum absolute atomic E-state index is 0.169. The van der Waals surface area contributed by atoms with E-state index < -0.39 is 5.60 Å². The molecule has 0 bridgehead atoms. The van der Waals surface area contributed by atoms with Gasteiger partial charge in [-0.1, -0.05) is 13.8 Å². The zero-order chi connectivity index (χ0) is 14.3. The van der Waals surface area contributed by atoms with E-state index >= 15 is 0 Å². The van der Waals surface area contributed by atoms with Crippen LogP contribution in [-0.2, 0) is 0 Å². The van der Waals surface area contributed by atoms with Crippen LogP contribution in [0.4, 0.5) is 4.79 Å². The van der Waals surface area contributed by atoms with Gasteiger partial charge in [0, 0.05) is 18.3 Å². The third-order valence-electron chi connectivity index (χ3n) is 3.40. The quantitative estimate of drug-likeness (QED) is 0.674. The molecule has 2 unspecified atom stereocenters. The normalized spacial score (nSPS) is 22.3. The van der Waals surface area contributed by atoms with E-state index in [4.69, 9.17) is 0 Å². The highest BCUT2D eigenvalue weighted by Crippen LogP contribution is 2.25. The van der Waals surface area contributed by atoms with Crippen molar-refractivity contribution in [3.05, 3.63) is 0 Å². The topological polar surface area (TPSA) is 61.4 Å². The Labute approximate surface area is 121 Å². The van der Waals surface area contributed by atoms with Crippen molar-refractivity contribution in [2.24, 2.45) is 5.92 Å². The molecular formula is C14H28N2O2S. The Hall–Kier alpha value is -0.420. The van der Waals surface area contributed by atoms with Gasteiger partial charge in [-0.2, -0.15) is 11.8 Å². The molecule has 0 saturated carbocycles. The number of thioether (sulfide) groups is 1. The summed E-state index contributed by atoms with van der Waals surface area (Å²) in [6, 6.07) is -0.169. The average molecular weight is 288 g/mol. The van der Waals surface area contributed by atoms with Gasteiger partial charge in [0.15, 0.2) is 0 Å². The Kier molecular flexibility index (Phi) is 7.00. The van der Waals surface area contributed by atoms with Crippen molar-refractivity contribution in [1.29, 1.82) is 0 Å². The molecule has 0 aromatic rings. The molecule has 1 fully saturated rings. The van der Waals surface area contributed by atoms with E-state index in [0.717, 1.165) is 13.0 Å². The van der Waals surface area contributed by atoms with E-state index in [9.17, 15) is 9.90 Å². The summed E-state index contributed by atoms with van der Waals surface area (Å²) in [6.45, 7) is 7.08. The van der Waals surface area contributed by atoms with E-state index in [-0.39, 0.29) is 6.03 Å². The van der Waals surface area contributed by atoms with Crippen molar-refractivity contribution in [2.45, 2.75) is 57.3 Å². The molecule has 19 heavy (non-hydrogen) atoms. The van der Waals surface area contributed by atoms with Crippen LogP contribution in [-0.4, -0.2) is 40.8 Å². The van der Waals surface area contributed by atoms with Crippen molar-refractivity contribution in [1.82, 2.24) is 10.6 Å². The second-order valence-electron chi connectivity index (χ2n) is 6.13. The fraction of sp³-hybridized carbons (Fsp3) is 0.929. The number of nitrogens with one attached hydrogen (secondary N) is 2. The van der Waals surface area contributed by atoms with Crippen molar-refractivity contribution >= 4 is 17.8 Å². The molecule has 3 N–H and O–H groups in total. The smallest absolute Gasteiger partial charge is 0.314 e. The Balaban J connectivity index is 2.13. The van der Waals surface area contributed by atoms with Crippen LogP contribution in [0.3, 0.4) is 0 Å². The van der Waals surface area contributed by atoms with Crippen molar-refractivity contribution in [2.75, 3.05) is 18.8 Å². The maximum atomic E-state index is 11.6. The van der Waals surface area contributed by atoms with Crippen molar-refractivity contribution in [3.63, 3.8) is 0 Å². The number of urea groups is 1. The molecule has 0 spiro atoms. The first-order valence-electron chi connectivity index (χ1n) is 7.25. The minimum Gasteiger partial charge on any atom is -0.388 e. The highest BCUT2D eigenvalue weighted by Gasteiger charge is 2.22. The number of carbonyl (C=O) groups is 1. The summed E-state index contributed by atoms with van der Waals surface area (Å²) < 4.78 is 0. The van der Waals surface area contributed by atoms with Gasteiger partial charge in [-0.3, -0.25) is 0 Å². The zero-order valence-electron chi connectivity index (χ0n) is 12.4. The maximum absolute atomic E-state index is 11.6. The van der Waals surface area contributed by atoms with Gasteiger partial charge in [0.25, 0.3) is 0 Å². The van der Waals surface area contributed by atoms with Crippen LogP contribution in [0.2, 0.25) is 0 Å². The molecule has 4 nitrogen and oxygen atoms in total. The number of hydrogen-bond acceptors (Lipinski definition) is 3. The Bertz CT molecular complexity index is 277. The summed E-state index contributed by atoms with van der Waals surface area (Å²) in [6.07, 6.45) is 4.12. The monoisotopic (exact) mass is 288 g/mol. The van der Waals surface area contributed by atoms with Crippen molar-refractivity contribution < 1.29 is 9.90 Å². The summed E-state index contributed by atoms with van der Waals surface area (Å²) in [4.78, 5) is 11.6. The predicted octanol–water partition coefficient (Wildman–Crippen LogP) is 2.37. The van der Waals surface area contributed by atoms with Gasteiger partial charge in [0.05, 0.1) is 5.60 Å². The number of rotatable bonds is 7.